The minimum Gasteiger partial charge on any atom is -0.376 e. The zero-order valence-corrected chi connectivity index (χ0v) is 13.3. The molecule has 0 atom stereocenters. The maximum Gasteiger partial charge on any atom is 0.140 e. The maximum atomic E-state index is 5.81. The van der Waals surface area contributed by atoms with Gasteiger partial charge in [0.2, 0.25) is 0 Å². The molecule has 0 bridgehead atoms. The average molecular weight is 379 g/mol. The van der Waals surface area contributed by atoms with Crippen molar-refractivity contribution < 1.29 is 4.74 Å². The van der Waals surface area contributed by atoms with Crippen molar-refractivity contribution in [2.45, 2.75) is 18.9 Å². The van der Waals surface area contributed by atoms with E-state index in [2.05, 4.69) is 47.5 Å². The molecule has 4 nitrogen and oxygen atoms in total. The Morgan fingerprint density at radius 2 is 2.17 bits per heavy atom. The van der Waals surface area contributed by atoms with Gasteiger partial charge >= 0.3 is 0 Å². The molecule has 18 heavy (non-hydrogen) atoms. The van der Waals surface area contributed by atoms with Crippen molar-refractivity contribution in [2.75, 3.05) is 31.6 Å². The number of halogens is 2. The second-order valence-corrected chi connectivity index (χ2v) is 6.00. The van der Waals surface area contributed by atoms with Crippen LogP contribution in [0.2, 0.25) is 0 Å². The van der Waals surface area contributed by atoms with Gasteiger partial charge in [0.1, 0.15) is 5.82 Å². The van der Waals surface area contributed by atoms with E-state index in [1.54, 1.807) is 6.20 Å². The van der Waals surface area contributed by atoms with Crippen LogP contribution >= 0.6 is 31.9 Å². The summed E-state index contributed by atoms with van der Waals surface area (Å²) in [5.74, 6) is 0.854. The van der Waals surface area contributed by atoms with E-state index in [1.807, 2.05) is 6.07 Å². The highest BCUT2D eigenvalue weighted by Crippen LogP contribution is 2.23. The standard InChI is InChI=1S/C12H17Br2N3O/c13-9-7-11(14)12(17-8-9)16-5-6-18-10-1-3-15-4-2-10/h7-8,10,15H,1-6H2,(H,16,17). The molecule has 1 aromatic heterocycles. The third kappa shape index (κ3) is 4.50. The molecule has 2 rings (SSSR count). The Hall–Kier alpha value is -0.170. The molecule has 0 unspecified atom stereocenters. The molecule has 1 saturated heterocycles. The van der Waals surface area contributed by atoms with Crippen LogP contribution in [0.4, 0.5) is 5.82 Å². The smallest absolute Gasteiger partial charge is 0.140 e. The third-order valence-corrected chi connectivity index (χ3v) is 3.88. The lowest BCUT2D eigenvalue weighted by Gasteiger charge is -2.23. The van der Waals surface area contributed by atoms with Gasteiger partial charge in [0.05, 0.1) is 17.2 Å². The van der Waals surface area contributed by atoms with Crippen molar-refractivity contribution >= 4 is 37.7 Å². The van der Waals surface area contributed by atoms with E-state index in [9.17, 15) is 0 Å². The Labute approximate surface area is 124 Å². The first-order chi connectivity index (χ1) is 8.75. The van der Waals surface area contributed by atoms with Crippen LogP contribution in [0.3, 0.4) is 0 Å². The monoisotopic (exact) mass is 377 g/mol. The first-order valence-electron chi connectivity index (χ1n) is 6.13. The van der Waals surface area contributed by atoms with Crippen LogP contribution in [0.1, 0.15) is 12.8 Å². The van der Waals surface area contributed by atoms with Crippen molar-refractivity contribution in [1.82, 2.24) is 10.3 Å². The van der Waals surface area contributed by atoms with E-state index in [-0.39, 0.29) is 0 Å². The van der Waals surface area contributed by atoms with Gasteiger partial charge in [0.15, 0.2) is 0 Å². The zero-order chi connectivity index (χ0) is 12.8. The fourth-order valence-electron chi connectivity index (χ4n) is 1.90. The lowest BCUT2D eigenvalue weighted by molar-refractivity contribution is 0.0394. The summed E-state index contributed by atoms with van der Waals surface area (Å²) in [5.41, 5.74) is 0. The summed E-state index contributed by atoms with van der Waals surface area (Å²) in [6.07, 6.45) is 4.41. The van der Waals surface area contributed by atoms with E-state index in [4.69, 9.17) is 4.74 Å². The van der Waals surface area contributed by atoms with Crippen molar-refractivity contribution in [1.29, 1.82) is 0 Å². The molecule has 0 aromatic carbocycles. The number of hydrogen-bond acceptors (Lipinski definition) is 4. The number of ether oxygens (including phenoxy) is 1. The van der Waals surface area contributed by atoms with Gasteiger partial charge in [0.25, 0.3) is 0 Å². The molecule has 2 N–H and O–H groups in total. The average Bonchev–Trinajstić information content (AvgIpc) is 2.38. The summed E-state index contributed by atoms with van der Waals surface area (Å²) in [4.78, 5) is 4.29. The normalized spacial score (nSPS) is 16.8. The lowest BCUT2D eigenvalue weighted by atomic mass is 10.1. The first-order valence-corrected chi connectivity index (χ1v) is 7.71. The van der Waals surface area contributed by atoms with E-state index < -0.39 is 0 Å². The Kier molecular flexibility index (Phi) is 5.88. The number of anilines is 1. The summed E-state index contributed by atoms with van der Waals surface area (Å²) in [7, 11) is 0. The Balaban J connectivity index is 1.68. The third-order valence-electron chi connectivity index (χ3n) is 2.84. The highest BCUT2D eigenvalue weighted by atomic mass is 79.9. The number of nitrogens with one attached hydrogen (secondary N) is 2. The Morgan fingerprint density at radius 3 is 2.89 bits per heavy atom. The van der Waals surface area contributed by atoms with Crippen molar-refractivity contribution in [2.24, 2.45) is 0 Å². The van der Waals surface area contributed by atoms with Crippen LogP contribution in [-0.4, -0.2) is 37.3 Å². The minimum absolute atomic E-state index is 0.411. The minimum atomic E-state index is 0.411. The number of nitrogens with zero attached hydrogens (tertiary/aromatic N) is 1. The quantitative estimate of drug-likeness (QED) is 0.773. The van der Waals surface area contributed by atoms with Crippen LogP contribution in [0, 0.1) is 0 Å². The summed E-state index contributed by atoms with van der Waals surface area (Å²) >= 11 is 6.85. The van der Waals surface area contributed by atoms with Gasteiger partial charge in [-0.3, -0.25) is 0 Å². The summed E-state index contributed by atoms with van der Waals surface area (Å²) < 4.78 is 7.73. The molecular formula is C12H17Br2N3O. The van der Waals surface area contributed by atoms with Crippen LogP contribution < -0.4 is 10.6 Å². The van der Waals surface area contributed by atoms with E-state index in [0.29, 0.717) is 6.10 Å². The number of aromatic nitrogens is 1. The number of piperidine rings is 1. The van der Waals surface area contributed by atoms with Crippen molar-refractivity contribution in [3.05, 3.63) is 21.2 Å². The van der Waals surface area contributed by atoms with E-state index >= 15 is 0 Å². The fraction of sp³-hybridized carbons (Fsp3) is 0.583. The highest BCUT2D eigenvalue weighted by Gasteiger charge is 2.12. The fourth-order valence-corrected chi connectivity index (χ4v) is 3.03. The zero-order valence-electron chi connectivity index (χ0n) is 10.1. The van der Waals surface area contributed by atoms with Gasteiger partial charge < -0.3 is 15.4 Å². The van der Waals surface area contributed by atoms with Gasteiger partial charge in [0, 0.05) is 17.2 Å². The molecule has 1 aliphatic heterocycles. The second-order valence-electron chi connectivity index (χ2n) is 4.23. The molecule has 1 aromatic rings. The van der Waals surface area contributed by atoms with Gasteiger partial charge in [-0.1, -0.05) is 0 Å². The molecule has 100 valence electrons. The molecule has 0 spiro atoms. The molecular weight excluding hydrogens is 362 g/mol. The summed E-state index contributed by atoms with van der Waals surface area (Å²) in [5, 5.41) is 6.59. The van der Waals surface area contributed by atoms with Crippen LogP contribution in [0.15, 0.2) is 21.2 Å². The summed E-state index contributed by atoms with van der Waals surface area (Å²) in [6.45, 7) is 3.63. The summed E-state index contributed by atoms with van der Waals surface area (Å²) in [6, 6.07) is 1.98. The maximum absolute atomic E-state index is 5.81. The highest BCUT2D eigenvalue weighted by molar-refractivity contribution is 9.11. The largest absolute Gasteiger partial charge is 0.376 e. The van der Waals surface area contributed by atoms with Gasteiger partial charge in [-0.05, 0) is 63.9 Å². The molecule has 2 heterocycles. The topological polar surface area (TPSA) is 46.2 Å². The SMILES string of the molecule is Brc1cnc(NCCOC2CCNCC2)c(Br)c1. The molecule has 1 aliphatic rings. The predicted octanol–water partition coefficient (Wildman–Crippen LogP) is 2.79. The van der Waals surface area contributed by atoms with Gasteiger partial charge in [-0.15, -0.1) is 0 Å². The van der Waals surface area contributed by atoms with Crippen molar-refractivity contribution in [3.63, 3.8) is 0 Å². The van der Waals surface area contributed by atoms with Crippen LogP contribution in [0.25, 0.3) is 0 Å². The molecule has 0 radical (unpaired) electrons. The Bertz CT molecular complexity index is 384. The van der Waals surface area contributed by atoms with E-state index in [1.165, 1.54) is 0 Å². The second kappa shape index (κ2) is 7.43. The molecule has 0 aliphatic carbocycles. The lowest BCUT2D eigenvalue weighted by Crippen LogP contribution is -2.33. The Morgan fingerprint density at radius 1 is 1.39 bits per heavy atom. The number of pyridine rings is 1. The predicted molar refractivity (Wildman–Crippen MR) is 80.0 cm³/mol. The van der Waals surface area contributed by atoms with Crippen molar-refractivity contribution in [3.8, 4) is 0 Å². The van der Waals surface area contributed by atoms with E-state index in [0.717, 1.165) is 53.8 Å². The number of rotatable bonds is 5. The first kappa shape index (κ1) is 14.2. The van der Waals surface area contributed by atoms with Crippen LogP contribution in [0.5, 0.6) is 0 Å². The number of hydrogen-bond donors (Lipinski definition) is 2. The molecule has 0 amide bonds. The molecule has 0 saturated carbocycles. The van der Waals surface area contributed by atoms with Crippen LogP contribution in [-0.2, 0) is 4.74 Å². The van der Waals surface area contributed by atoms with Gasteiger partial charge in [-0.2, -0.15) is 0 Å². The molecule has 1 fully saturated rings. The van der Waals surface area contributed by atoms with Gasteiger partial charge in [-0.25, -0.2) is 4.98 Å². The molecule has 6 heteroatoms.